The fourth-order valence-electron chi connectivity index (χ4n) is 1.65. The number of aromatic nitrogens is 2. The number of halogens is 1. The monoisotopic (exact) mass is 261 g/mol. The van der Waals surface area contributed by atoms with Crippen LogP contribution in [0.15, 0.2) is 35.0 Å². The number of benzene rings is 1. The molecule has 0 aliphatic carbocycles. The van der Waals surface area contributed by atoms with Gasteiger partial charge in [0.2, 0.25) is 0 Å². The SMILES string of the molecule is Nc1nc(-c2ccsc2)nc2ccc(Cl)cc12. The predicted octanol–water partition coefficient (Wildman–Crippen LogP) is 3.59. The zero-order chi connectivity index (χ0) is 11.8. The molecule has 0 spiro atoms. The normalized spacial score (nSPS) is 10.9. The molecule has 0 amide bonds. The molecule has 17 heavy (non-hydrogen) atoms. The Bertz CT molecular complexity index is 680. The molecule has 0 bridgehead atoms. The lowest BCUT2D eigenvalue weighted by Gasteiger charge is -2.04. The summed E-state index contributed by atoms with van der Waals surface area (Å²) in [5.74, 6) is 1.11. The van der Waals surface area contributed by atoms with Crippen molar-refractivity contribution in [3.8, 4) is 11.4 Å². The minimum Gasteiger partial charge on any atom is -0.383 e. The van der Waals surface area contributed by atoms with E-state index in [0.29, 0.717) is 16.7 Å². The number of nitrogens with zero attached hydrogens (tertiary/aromatic N) is 2. The van der Waals surface area contributed by atoms with Crippen molar-refractivity contribution in [1.82, 2.24) is 9.97 Å². The molecule has 0 saturated heterocycles. The molecule has 0 atom stereocenters. The minimum absolute atomic E-state index is 0.457. The van der Waals surface area contributed by atoms with Gasteiger partial charge in [-0.3, -0.25) is 0 Å². The van der Waals surface area contributed by atoms with E-state index >= 15 is 0 Å². The third kappa shape index (κ3) is 1.85. The van der Waals surface area contributed by atoms with Crippen LogP contribution in [0.25, 0.3) is 22.3 Å². The highest BCUT2D eigenvalue weighted by Gasteiger charge is 2.07. The van der Waals surface area contributed by atoms with Crippen LogP contribution in [0, 0.1) is 0 Å². The lowest BCUT2D eigenvalue weighted by molar-refractivity contribution is 1.24. The maximum Gasteiger partial charge on any atom is 0.162 e. The van der Waals surface area contributed by atoms with Crippen molar-refractivity contribution in [2.45, 2.75) is 0 Å². The molecule has 2 heterocycles. The molecular formula is C12H8ClN3S. The number of nitrogens with two attached hydrogens (primary N) is 1. The Labute approximate surface area is 107 Å². The molecule has 5 heteroatoms. The number of nitrogen functional groups attached to an aromatic ring is 1. The molecule has 1 aromatic carbocycles. The zero-order valence-electron chi connectivity index (χ0n) is 8.72. The fourth-order valence-corrected chi connectivity index (χ4v) is 2.45. The first kappa shape index (κ1) is 10.5. The van der Waals surface area contributed by atoms with E-state index in [2.05, 4.69) is 9.97 Å². The van der Waals surface area contributed by atoms with E-state index in [9.17, 15) is 0 Å². The van der Waals surface area contributed by atoms with Crippen LogP contribution in [-0.4, -0.2) is 9.97 Å². The summed E-state index contributed by atoms with van der Waals surface area (Å²) in [5, 5.41) is 5.41. The van der Waals surface area contributed by atoms with Crippen LogP contribution in [0.4, 0.5) is 5.82 Å². The average molecular weight is 262 g/mol. The minimum atomic E-state index is 0.457. The summed E-state index contributed by atoms with van der Waals surface area (Å²) in [4.78, 5) is 8.78. The van der Waals surface area contributed by atoms with Crippen molar-refractivity contribution in [2.24, 2.45) is 0 Å². The lowest BCUT2D eigenvalue weighted by atomic mass is 10.2. The topological polar surface area (TPSA) is 51.8 Å². The number of thiophene rings is 1. The van der Waals surface area contributed by atoms with Crippen LogP contribution in [0.2, 0.25) is 5.02 Å². The molecule has 84 valence electrons. The molecule has 0 fully saturated rings. The van der Waals surface area contributed by atoms with E-state index in [-0.39, 0.29) is 0 Å². The zero-order valence-corrected chi connectivity index (χ0v) is 10.3. The molecule has 3 rings (SSSR count). The molecule has 0 aliphatic rings. The highest BCUT2D eigenvalue weighted by Crippen LogP contribution is 2.26. The van der Waals surface area contributed by atoms with Gasteiger partial charge >= 0.3 is 0 Å². The van der Waals surface area contributed by atoms with Crippen molar-refractivity contribution in [3.05, 3.63) is 40.0 Å². The first-order chi connectivity index (χ1) is 8.24. The summed E-state index contributed by atoms with van der Waals surface area (Å²) in [6.07, 6.45) is 0. The Morgan fingerprint density at radius 1 is 1.18 bits per heavy atom. The van der Waals surface area contributed by atoms with E-state index in [4.69, 9.17) is 17.3 Å². The maximum absolute atomic E-state index is 5.93. The molecule has 2 aromatic heterocycles. The van der Waals surface area contributed by atoms with Crippen molar-refractivity contribution in [3.63, 3.8) is 0 Å². The first-order valence-corrected chi connectivity index (χ1v) is 6.31. The standard InChI is InChI=1S/C12H8ClN3S/c13-8-1-2-10-9(5-8)11(14)16-12(15-10)7-3-4-17-6-7/h1-6H,(H2,14,15,16). The van der Waals surface area contributed by atoms with Crippen LogP contribution in [-0.2, 0) is 0 Å². The number of rotatable bonds is 1. The number of fused-ring (bicyclic) bond motifs is 1. The van der Waals surface area contributed by atoms with Crippen LogP contribution in [0.3, 0.4) is 0 Å². The summed E-state index contributed by atoms with van der Waals surface area (Å²) in [6.45, 7) is 0. The Hall–Kier alpha value is -1.65. The third-order valence-corrected chi connectivity index (χ3v) is 3.38. The molecule has 2 N–H and O–H groups in total. The van der Waals surface area contributed by atoms with Crippen LogP contribution >= 0.6 is 22.9 Å². The van der Waals surface area contributed by atoms with E-state index in [0.717, 1.165) is 16.5 Å². The van der Waals surface area contributed by atoms with E-state index < -0.39 is 0 Å². The Morgan fingerprint density at radius 3 is 2.82 bits per heavy atom. The van der Waals surface area contributed by atoms with E-state index in [1.54, 1.807) is 23.5 Å². The first-order valence-electron chi connectivity index (χ1n) is 4.99. The van der Waals surface area contributed by atoms with Gasteiger partial charge in [-0.2, -0.15) is 11.3 Å². The summed E-state index contributed by atoms with van der Waals surface area (Å²) in [5.41, 5.74) is 7.72. The van der Waals surface area contributed by atoms with Crippen molar-refractivity contribution in [2.75, 3.05) is 5.73 Å². The van der Waals surface area contributed by atoms with Gasteiger partial charge < -0.3 is 5.73 Å². The van der Waals surface area contributed by atoms with Gasteiger partial charge in [0.1, 0.15) is 5.82 Å². The largest absolute Gasteiger partial charge is 0.383 e. The van der Waals surface area contributed by atoms with Gasteiger partial charge in [-0.25, -0.2) is 9.97 Å². The summed E-state index contributed by atoms with van der Waals surface area (Å²) in [7, 11) is 0. The molecule has 3 nitrogen and oxygen atoms in total. The lowest BCUT2D eigenvalue weighted by Crippen LogP contribution is -1.97. The van der Waals surface area contributed by atoms with Crippen molar-refractivity contribution < 1.29 is 0 Å². The number of hydrogen-bond donors (Lipinski definition) is 1. The molecule has 0 saturated carbocycles. The van der Waals surface area contributed by atoms with Gasteiger partial charge in [0, 0.05) is 21.4 Å². The summed E-state index contributed by atoms with van der Waals surface area (Å²) < 4.78 is 0. The second-order valence-electron chi connectivity index (χ2n) is 3.61. The Kier molecular flexibility index (Phi) is 2.46. The Morgan fingerprint density at radius 2 is 2.06 bits per heavy atom. The van der Waals surface area contributed by atoms with Crippen molar-refractivity contribution >= 4 is 39.7 Å². The molecule has 3 aromatic rings. The van der Waals surface area contributed by atoms with Gasteiger partial charge in [-0.05, 0) is 29.6 Å². The van der Waals surface area contributed by atoms with E-state index in [1.165, 1.54) is 0 Å². The van der Waals surface area contributed by atoms with Crippen LogP contribution in [0.1, 0.15) is 0 Å². The number of anilines is 1. The maximum atomic E-state index is 5.93. The molecule has 0 radical (unpaired) electrons. The fraction of sp³-hybridized carbons (Fsp3) is 0. The summed E-state index contributed by atoms with van der Waals surface area (Å²) >= 11 is 7.53. The van der Waals surface area contributed by atoms with Gasteiger partial charge in [0.25, 0.3) is 0 Å². The highest BCUT2D eigenvalue weighted by atomic mass is 35.5. The van der Waals surface area contributed by atoms with Gasteiger partial charge in [-0.15, -0.1) is 0 Å². The second-order valence-corrected chi connectivity index (χ2v) is 4.82. The van der Waals surface area contributed by atoms with Crippen molar-refractivity contribution in [1.29, 1.82) is 0 Å². The molecule has 0 unspecified atom stereocenters. The quantitative estimate of drug-likeness (QED) is 0.728. The van der Waals surface area contributed by atoms with Gasteiger partial charge in [0.15, 0.2) is 5.82 Å². The smallest absolute Gasteiger partial charge is 0.162 e. The average Bonchev–Trinajstić information content (AvgIpc) is 2.83. The third-order valence-electron chi connectivity index (χ3n) is 2.47. The molecule has 0 aliphatic heterocycles. The number of hydrogen-bond acceptors (Lipinski definition) is 4. The van der Waals surface area contributed by atoms with E-state index in [1.807, 2.05) is 22.9 Å². The van der Waals surface area contributed by atoms with Crippen LogP contribution < -0.4 is 5.73 Å². The molecular weight excluding hydrogens is 254 g/mol. The van der Waals surface area contributed by atoms with Crippen LogP contribution in [0.5, 0.6) is 0 Å². The Balaban J connectivity index is 2.28. The second kappa shape index (κ2) is 3.98. The predicted molar refractivity (Wildman–Crippen MR) is 72.3 cm³/mol. The van der Waals surface area contributed by atoms with Gasteiger partial charge in [-0.1, -0.05) is 11.6 Å². The summed E-state index contributed by atoms with van der Waals surface area (Å²) in [6, 6.07) is 7.41. The van der Waals surface area contributed by atoms with Gasteiger partial charge in [0.05, 0.1) is 5.52 Å². The highest BCUT2D eigenvalue weighted by molar-refractivity contribution is 7.08.